The van der Waals surface area contributed by atoms with Crippen molar-refractivity contribution >= 4 is 16.9 Å². The summed E-state index contributed by atoms with van der Waals surface area (Å²) in [5.74, 6) is -0.949. The summed E-state index contributed by atoms with van der Waals surface area (Å²) < 4.78 is 16.0. The predicted molar refractivity (Wildman–Crippen MR) is 90.1 cm³/mol. The Labute approximate surface area is 152 Å². The molecule has 5 atom stereocenters. The molecule has 0 radical (unpaired) electrons. The van der Waals surface area contributed by atoms with Gasteiger partial charge in [0.2, 0.25) is 12.2 Å². The minimum Gasteiger partial charge on any atom is -0.504 e. The summed E-state index contributed by atoms with van der Waals surface area (Å²) >= 11 is 0. The first-order chi connectivity index (χ1) is 12.8. The maximum absolute atomic E-state index is 11.4. The zero-order chi connectivity index (χ0) is 19.7. The zero-order valence-electron chi connectivity index (χ0n) is 14.2. The summed E-state index contributed by atoms with van der Waals surface area (Å²) in [4.78, 5) is 22.7. The standard InChI is InChI=1S/C17H19NO9/c1-7(20)18-14-16(24)15(23)12(6-19)27-17(14)26-11-4-8-2-3-13(22)25-10(8)5-9(11)21/h2-5,12,14-17,19,21,23-24H,6H2,1H3,(H,18,20)/t12-,14-,15-,16-,17-/m1/s1. The Morgan fingerprint density at radius 3 is 2.67 bits per heavy atom. The number of amides is 1. The van der Waals surface area contributed by atoms with Gasteiger partial charge in [-0.15, -0.1) is 0 Å². The fourth-order valence-electron chi connectivity index (χ4n) is 2.87. The molecular formula is C17H19NO9. The summed E-state index contributed by atoms with van der Waals surface area (Å²) in [5, 5.41) is 42.6. The molecule has 1 amide bonds. The monoisotopic (exact) mass is 381 g/mol. The van der Waals surface area contributed by atoms with E-state index in [9.17, 15) is 30.0 Å². The number of aliphatic hydroxyl groups excluding tert-OH is 3. The van der Waals surface area contributed by atoms with Crippen molar-refractivity contribution < 1.29 is 39.1 Å². The molecule has 5 N–H and O–H groups in total. The van der Waals surface area contributed by atoms with Crippen molar-refractivity contribution in [2.45, 2.75) is 37.6 Å². The lowest BCUT2D eigenvalue weighted by Gasteiger charge is -2.42. The number of carbonyl (C=O) groups is 1. The molecule has 3 rings (SSSR count). The lowest BCUT2D eigenvalue weighted by molar-refractivity contribution is -0.244. The number of benzene rings is 1. The van der Waals surface area contributed by atoms with E-state index in [-0.39, 0.29) is 17.1 Å². The van der Waals surface area contributed by atoms with E-state index in [1.54, 1.807) is 0 Å². The number of carbonyl (C=O) groups excluding carboxylic acids is 1. The molecule has 0 bridgehead atoms. The van der Waals surface area contributed by atoms with Crippen molar-refractivity contribution in [2.24, 2.45) is 0 Å². The van der Waals surface area contributed by atoms with E-state index >= 15 is 0 Å². The molecule has 1 saturated heterocycles. The van der Waals surface area contributed by atoms with Gasteiger partial charge < -0.3 is 39.6 Å². The van der Waals surface area contributed by atoms with E-state index in [4.69, 9.17) is 13.9 Å². The highest BCUT2D eigenvalue weighted by atomic mass is 16.7. The molecule has 2 aromatic rings. The molecule has 1 fully saturated rings. The van der Waals surface area contributed by atoms with Gasteiger partial charge in [-0.2, -0.15) is 0 Å². The lowest BCUT2D eigenvalue weighted by Crippen LogP contribution is -2.65. The van der Waals surface area contributed by atoms with E-state index in [0.717, 1.165) is 0 Å². The highest BCUT2D eigenvalue weighted by molar-refractivity contribution is 5.80. The van der Waals surface area contributed by atoms with E-state index < -0.39 is 48.8 Å². The first-order valence-corrected chi connectivity index (χ1v) is 8.13. The second-order valence-corrected chi connectivity index (χ2v) is 6.16. The molecule has 10 nitrogen and oxygen atoms in total. The van der Waals surface area contributed by atoms with Crippen LogP contribution in [-0.2, 0) is 9.53 Å². The number of nitrogens with one attached hydrogen (secondary N) is 1. The Morgan fingerprint density at radius 1 is 1.26 bits per heavy atom. The lowest BCUT2D eigenvalue weighted by atomic mass is 9.97. The molecule has 27 heavy (non-hydrogen) atoms. The van der Waals surface area contributed by atoms with Gasteiger partial charge in [-0.25, -0.2) is 4.79 Å². The number of aliphatic hydroxyl groups is 3. The van der Waals surface area contributed by atoms with Crippen molar-refractivity contribution in [1.82, 2.24) is 5.32 Å². The Morgan fingerprint density at radius 2 is 2.00 bits per heavy atom. The molecular weight excluding hydrogens is 362 g/mol. The largest absolute Gasteiger partial charge is 0.504 e. The van der Waals surface area contributed by atoms with Gasteiger partial charge >= 0.3 is 5.63 Å². The third kappa shape index (κ3) is 3.88. The van der Waals surface area contributed by atoms with Crippen LogP contribution in [0.15, 0.2) is 33.5 Å². The van der Waals surface area contributed by atoms with Gasteiger partial charge in [0.25, 0.3) is 0 Å². The first kappa shape index (κ1) is 19.1. The number of aromatic hydroxyl groups is 1. The number of phenols is 1. The van der Waals surface area contributed by atoms with Crippen molar-refractivity contribution in [1.29, 1.82) is 0 Å². The molecule has 10 heteroatoms. The minimum atomic E-state index is -1.48. The topological polar surface area (TPSA) is 159 Å². The van der Waals surface area contributed by atoms with Crippen molar-refractivity contribution in [3.8, 4) is 11.5 Å². The molecule has 1 aromatic carbocycles. The van der Waals surface area contributed by atoms with E-state index in [1.807, 2.05) is 0 Å². The summed E-state index contributed by atoms with van der Waals surface area (Å²) in [7, 11) is 0. The van der Waals surface area contributed by atoms with Crippen LogP contribution in [-0.4, -0.2) is 63.6 Å². The summed E-state index contributed by atoms with van der Waals surface area (Å²) in [5.41, 5.74) is -0.446. The normalized spacial score (nSPS) is 28.1. The maximum Gasteiger partial charge on any atom is 0.336 e. The van der Waals surface area contributed by atoms with Crippen LogP contribution >= 0.6 is 0 Å². The van der Waals surface area contributed by atoms with E-state index in [1.165, 1.54) is 31.2 Å². The molecule has 0 aliphatic carbocycles. The molecule has 1 aliphatic heterocycles. The third-order valence-electron chi connectivity index (χ3n) is 4.19. The van der Waals surface area contributed by atoms with Gasteiger partial charge in [0, 0.05) is 24.4 Å². The highest BCUT2D eigenvalue weighted by Gasteiger charge is 2.46. The summed E-state index contributed by atoms with van der Waals surface area (Å²) in [6.07, 6.45) is -5.41. The third-order valence-corrected chi connectivity index (χ3v) is 4.19. The number of hydrogen-bond acceptors (Lipinski definition) is 9. The quantitative estimate of drug-likeness (QED) is 0.411. The average Bonchev–Trinajstić information content (AvgIpc) is 2.61. The molecule has 2 heterocycles. The van der Waals surface area contributed by atoms with Gasteiger partial charge in [0.05, 0.1) is 6.61 Å². The van der Waals surface area contributed by atoms with Crippen LogP contribution in [0.5, 0.6) is 11.5 Å². The molecule has 146 valence electrons. The van der Waals surface area contributed by atoms with Gasteiger partial charge in [-0.3, -0.25) is 4.79 Å². The summed E-state index contributed by atoms with van der Waals surface area (Å²) in [6, 6.07) is 4.06. The smallest absolute Gasteiger partial charge is 0.336 e. The van der Waals surface area contributed by atoms with Gasteiger partial charge in [-0.05, 0) is 12.1 Å². The Hall–Kier alpha value is -2.66. The van der Waals surface area contributed by atoms with Crippen LogP contribution < -0.4 is 15.7 Å². The van der Waals surface area contributed by atoms with Gasteiger partial charge in [0.15, 0.2) is 11.5 Å². The zero-order valence-corrected chi connectivity index (χ0v) is 14.2. The van der Waals surface area contributed by atoms with E-state index in [2.05, 4.69) is 5.32 Å². The van der Waals surface area contributed by atoms with Crippen LogP contribution in [0.25, 0.3) is 11.0 Å². The maximum atomic E-state index is 11.4. The Bertz CT molecular complexity index is 896. The summed E-state index contributed by atoms with van der Waals surface area (Å²) in [6.45, 7) is 0.615. The van der Waals surface area contributed by atoms with Crippen molar-refractivity contribution in [3.05, 3.63) is 34.7 Å². The number of rotatable bonds is 4. The van der Waals surface area contributed by atoms with Crippen LogP contribution in [0.3, 0.4) is 0 Å². The number of hydrogen-bond donors (Lipinski definition) is 5. The number of fused-ring (bicyclic) bond motifs is 1. The SMILES string of the molecule is CC(=O)N[C@H]1[C@H](Oc2cc3ccc(=O)oc3cc2O)O[C@H](CO)[C@@H](O)[C@@H]1O. The predicted octanol–water partition coefficient (Wildman–Crippen LogP) is -1.18. The van der Waals surface area contributed by atoms with Gasteiger partial charge in [-0.1, -0.05) is 0 Å². The van der Waals surface area contributed by atoms with Crippen LogP contribution in [0.4, 0.5) is 0 Å². The molecule has 0 saturated carbocycles. The Kier molecular flexibility index (Phi) is 5.33. The van der Waals surface area contributed by atoms with Crippen molar-refractivity contribution in [3.63, 3.8) is 0 Å². The first-order valence-electron chi connectivity index (χ1n) is 8.13. The molecule has 1 aliphatic rings. The van der Waals surface area contributed by atoms with E-state index in [0.29, 0.717) is 5.39 Å². The molecule has 1 aromatic heterocycles. The number of ether oxygens (including phenoxy) is 2. The average molecular weight is 381 g/mol. The second-order valence-electron chi connectivity index (χ2n) is 6.16. The Balaban J connectivity index is 1.94. The van der Waals surface area contributed by atoms with Crippen LogP contribution in [0, 0.1) is 0 Å². The highest BCUT2D eigenvalue weighted by Crippen LogP contribution is 2.33. The van der Waals surface area contributed by atoms with Gasteiger partial charge in [0.1, 0.15) is 29.9 Å². The van der Waals surface area contributed by atoms with Crippen LogP contribution in [0.2, 0.25) is 0 Å². The molecule has 0 spiro atoms. The fourth-order valence-corrected chi connectivity index (χ4v) is 2.87. The van der Waals surface area contributed by atoms with Crippen LogP contribution in [0.1, 0.15) is 6.92 Å². The minimum absolute atomic E-state index is 0.0722. The van der Waals surface area contributed by atoms with Crippen molar-refractivity contribution in [2.75, 3.05) is 6.61 Å². The fraction of sp³-hybridized carbons (Fsp3) is 0.412. The number of phenolic OH excluding ortho intramolecular Hbond substituents is 1. The molecule has 0 unspecified atom stereocenters. The second kappa shape index (κ2) is 7.53.